The number of thioether (sulfide) groups is 1. The van der Waals surface area contributed by atoms with Gasteiger partial charge in [0, 0.05) is 26.9 Å². The van der Waals surface area contributed by atoms with Crippen LogP contribution >= 0.6 is 43.6 Å². The summed E-state index contributed by atoms with van der Waals surface area (Å²) in [5, 5.41) is 3.35. The second-order valence-corrected chi connectivity index (χ2v) is 5.30. The van der Waals surface area contributed by atoms with Crippen molar-refractivity contribution < 1.29 is 0 Å². The maximum absolute atomic E-state index is 3.50. The summed E-state index contributed by atoms with van der Waals surface area (Å²) in [6, 6.07) is 6.14. The van der Waals surface area contributed by atoms with E-state index in [0.717, 1.165) is 26.9 Å². The molecule has 0 unspecified atom stereocenters. The summed E-state index contributed by atoms with van der Waals surface area (Å²) in [6.45, 7) is 1.00. The first-order chi connectivity index (χ1) is 6.24. The number of hydrogen-bond donors (Lipinski definition) is 1. The van der Waals surface area contributed by atoms with Gasteiger partial charge in [-0.25, -0.2) is 0 Å². The van der Waals surface area contributed by atoms with Crippen molar-refractivity contribution in [1.82, 2.24) is 0 Å². The molecule has 1 N–H and O–H groups in total. The summed E-state index contributed by atoms with van der Waals surface area (Å²) in [7, 11) is 0. The van der Waals surface area contributed by atoms with E-state index in [1.807, 2.05) is 23.9 Å². The fourth-order valence-electron chi connectivity index (χ4n) is 0.921. The monoisotopic (exact) mass is 323 g/mol. The number of rotatable bonds is 4. The molecular formula is C9H11Br2NS. The van der Waals surface area contributed by atoms with Crippen LogP contribution in [0.2, 0.25) is 0 Å². The lowest BCUT2D eigenvalue weighted by Crippen LogP contribution is -2.03. The van der Waals surface area contributed by atoms with E-state index >= 15 is 0 Å². The van der Waals surface area contributed by atoms with E-state index in [-0.39, 0.29) is 0 Å². The molecule has 0 bridgehead atoms. The van der Waals surface area contributed by atoms with Gasteiger partial charge in [0.05, 0.1) is 0 Å². The number of halogens is 2. The van der Waals surface area contributed by atoms with Crippen LogP contribution in [-0.2, 0) is 0 Å². The zero-order valence-corrected chi connectivity index (χ0v) is 11.3. The molecule has 0 aliphatic heterocycles. The van der Waals surface area contributed by atoms with Crippen molar-refractivity contribution in [1.29, 1.82) is 0 Å². The van der Waals surface area contributed by atoms with E-state index in [1.54, 1.807) is 0 Å². The summed E-state index contributed by atoms with van der Waals surface area (Å²) in [6.07, 6.45) is 2.11. The van der Waals surface area contributed by atoms with Gasteiger partial charge in [-0.1, -0.05) is 15.9 Å². The minimum absolute atomic E-state index is 1.00. The van der Waals surface area contributed by atoms with Crippen LogP contribution in [0.15, 0.2) is 27.1 Å². The number of benzene rings is 1. The van der Waals surface area contributed by atoms with Gasteiger partial charge < -0.3 is 5.32 Å². The van der Waals surface area contributed by atoms with Gasteiger partial charge >= 0.3 is 0 Å². The van der Waals surface area contributed by atoms with Crippen LogP contribution in [0, 0.1) is 0 Å². The van der Waals surface area contributed by atoms with Gasteiger partial charge in [0.25, 0.3) is 0 Å². The maximum atomic E-state index is 3.50. The molecule has 0 aliphatic carbocycles. The highest BCUT2D eigenvalue weighted by Crippen LogP contribution is 2.25. The molecule has 0 spiro atoms. The van der Waals surface area contributed by atoms with E-state index < -0.39 is 0 Å². The SMILES string of the molecule is CSCCNc1ccc(Br)cc1Br. The highest BCUT2D eigenvalue weighted by atomic mass is 79.9. The molecule has 0 atom stereocenters. The van der Waals surface area contributed by atoms with Crippen molar-refractivity contribution in [3.05, 3.63) is 27.1 Å². The third-order valence-electron chi connectivity index (χ3n) is 1.55. The number of nitrogens with one attached hydrogen (secondary N) is 1. The summed E-state index contributed by atoms with van der Waals surface area (Å²) in [4.78, 5) is 0. The van der Waals surface area contributed by atoms with E-state index in [0.29, 0.717) is 0 Å². The zero-order valence-electron chi connectivity index (χ0n) is 7.31. The Balaban J connectivity index is 2.56. The van der Waals surface area contributed by atoms with Crippen LogP contribution in [0.1, 0.15) is 0 Å². The van der Waals surface area contributed by atoms with Gasteiger partial charge in [-0.15, -0.1) is 0 Å². The van der Waals surface area contributed by atoms with Crippen molar-refractivity contribution in [2.24, 2.45) is 0 Å². The van der Waals surface area contributed by atoms with E-state index in [2.05, 4.69) is 49.5 Å². The molecule has 0 aromatic heterocycles. The predicted molar refractivity (Wildman–Crippen MR) is 68.7 cm³/mol. The Morgan fingerprint density at radius 2 is 2.15 bits per heavy atom. The largest absolute Gasteiger partial charge is 0.383 e. The smallest absolute Gasteiger partial charge is 0.0485 e. The Morgan fingerprint density at radius 1 is 1.38 bits per heavy atom. The second kappa shape index (κ2) is 5.94. The van der Waals surface area contributed by atoms with Crippen molar-refractivity contribution in [2.45, 2.75) is 0 Å². The zero-order chi connectivity index (χ0) is 9.68. The fourth-order valence-corrected chi connectivity index (χ4v) is 2.41. The molecule has 0 saturated heterocycles. The molecule has 72 valence electrons. The summed E-state index contributed by atoms with van der Waals surface area (Å²) in [5.74, 6) is 1.13. The molecular weight excluding hydrogens is 314 g/mol. The van der Waals surface area contributed by atoms with Crippen LogP contribution < -0.4 is 5.32 Å². The van der Waals surface area contributed by atoms with E-state index in [1.165, 1.54) is 0 Å². The normalized spacial score (nSPS) is 10.1. The topological polar surface area (TPSA) is 12.0 Å². The molecule has 0 amide bonds. The molecule has 1 nitrogen and oxygen atoms in total. The number of hydrogen-bond acceptors (Lipinski definition) is 2. The minimum atomic E-state index is 1.00. The lowest BCUT2D eigenvalue weighted by Gasteiger charge is -2.07. The minimum Gasteiger partial charge on any atom is -0.383 e. The number of anilines is 1. The molecule has 0 radical (unpaired) electrons. The molecule has 13 heavy (non-hydrogen) atoms. The van der Waals surface area contributed by atoms with Crippen LogP contribution in [-0.4, -0.2) is 18.6 Å². The predicted octanol–water partition coefficient (Wildman–Crippen LogP) is 3.99. The van der Waals surface area contributed by atoms with Crippen molar-refractivity contribution in [3.8, 4) is 0 Å². The van der Waals surface area contributed by atoms with Gasteiger partial charge in [-0.05, 0) is 40.4 Å². The van der Waals surface area contributed by atoms with Crippen LogP contribution in [0.3, 0.4) is 0 Å². The first-order valence-corrected chi connectivity index (χ1v) is 6.90. The average molecular weight is 325 g/mol. The maximum Gasteiger partial charge on any atom is 0.0485 e. The molecule has 1 aromatic rings. The first kappa shape index (κ1) is 11.4. The summed E-state index contributed by atoms with van der Waals surface area (Å²) in [5.41, 5.74) is 1.15. The lowest BCUT2D eigenvalue weighted by atomic mass is 10.3. The highest BCUT2D eigenvalue weighted by molar-refractivity contribution is 9.11. The van der Waals surface area contributed by atoms with E-state index in [9.17, 15) is 0 Å². The van der Waals surface area contributed by atoms with Gasteiger partial charge in [-0.2, -0.15) is 11.8 Å². The Kier molecular flexibility index (Phi) is 5.21. The van der Waals surface area contributed by atoms with Gasteiger partial charge in [-0.3, -0.25) is 0 Å². The standard InChI is InChI=1S/C9H11Br2NS/c1-13-5-4-12-9-3-2-7(10)6-8(9)11/h2-3,6,12H,4-5H2,1H3. The Morgan fingerprint density at radius 3 is 2.77 bits per heavy atom. The third kappa shape index (κ3) is 3.92. The molecule has 1 rings (SSSR count). The molecule has 0 saturated carbocycles. The van der Waals surface area contributed by atoms with Gasteiger partial charge in [0.1, 0.15) is 0 Å². The van der Waals surface area contributed by atoms with Crippen LogP contribution in [0.25, 0.3) is 0 Å². The van der Waals surface area contributed by atoms with Crippen molar-refractivity contribution in [3.63, 3.8) is 0 Å². The van der Waals surface area contributed by atoms with Crippen molar-refractivity contribution >= 4 is 49.3 Å². The summed E-state index contributed by atoms with van der Waals surface area (Å²) < 4.78 is 2.19. The Bertz CT molecular complexity index is 278. The van der Waals surface area contributed by atoms with E-state index in [4.69, 9.17) is 0 Å². The third-order valence-corrected chi connectivity index (χ3v) is 3.31. The molecule has 0 fully saturated rings. The molecule has 1 aromatic carbocycles. The lowest BCUT2D eigenvalue weighted by molar-refractivity contribution is 1.22. The average Bonchev–Trinajstić information content (AvgIpc) is 2.09. The van der Waals surface area contributed by atoms with Crippen LogP contribution in [0.5, 0.6) is 0 Å². The Hall–Kier alpha value is 0.330. The second-order valence-electron chi connectivity index (χ2n) is 2.54. The molecule has 4 heteroatoms. The Labute approximate surface area is 99.9 Å². The molecule has 0 heterocycles. The summed E-state index contributed by atoms with van der Waals surface area (Å²) >= 11 is 8.76. The first-order valence-electron chi connectivity index (χ1n) is 3.92. The molecule has 0 aliphatic rings. The van der Waals surface area contributed by atoms with Gasteiger partial charge in [0.15, 0.2) is 0 Å². The van der Waals surface area contributed by atoms with Crippen LogP contribution in [0.4, 0.5) is 5.69 Å². The van der Waals surface area contributed by atoms with Crippen molar-refractivity contribution in [2.75, 3.05) is 23.9 Å². The fraction of sp³-hybridized carbons (Fsp3) is 0.333. The van der Waals surface area contributed by atoms with Gasteiger partial charge in [0.2, 0.25) is 0 Å². The highest BCUT2D eigenvalue weighted by Gasteiger charge is 1.98. The quantitative estimate of drug-likeness (QED) is 0.840.